The Hall–Kier alpha value is -1.86. The minimum atomic E-state index is -4.45. The number of nitrogen functional groups attached to an aromatic ring is 1. The summed E-state index contributed by atoms with van der Waals surface area (Å²) in [5, 5.41) is 19.4. The Labute approximate surface area is 267 Å². The average Bonchev–Trinajstić information content (AvgIpc) is 3.42. The molecular formula is C31H58N5O8P. The molecule has 0 fully saturated rings. The van der Waals surface area contributed by atoms with E-state index in [0.29, 0.717) is 6.61 Å². The van der Waals surface area contributed by atoms with E-state index in [0.717, 1.165) is 12.8 Å². The minimum Gasteiger partial charge on any atom is -0.396 e. The molecule has 14 heteroatoms. The van der Waals surface area contributed by atoms with Gasteiger partial charge >= 0.3 is 7.82 Å². The van der Waals surface area contributed by atoms with Gasteiger partial charge in [-0.2, -0.15) is 4.98 Å². The number of aliphatic hydroxyl groups excluding tert-OH is 2. The average molecular weight is 660 g/mol. The van der Waals surface area contributed by atoms with Gasteiger partial charge in [-0.05, 0) is 6.42 Å². The van der Waals surface area contributed by atoms with Crippen LogP contribution < -0.4 is 11.3 Å². The van der Waals surface area contributed by atoms with Crippen LogP contribution in [0.15, 0.2) is 11.1 Å². The number of nitrogens with two attached hydrogens (primary N) is 1. The third kappa shape index (κ3) is 17.0. The summed E-state index contributed by atoms with van der Waals surface area (Å²) in [7, 11) is -4.45. The van der Waals surface area contributed by atoms with Gasteiger partial charge in [0.2, 0.25) is 5.95 Å². The molecule has 0 bridgehead atoms. The smallest absolute Gasteiger partial charge is 0.396 e. The molecule has 0 aromatic carbocycles. The van der Waals surface area contributed by atoms with Crippen molar-refractivity contribution in [2.24, 2.45) is 11.8 Å². The fourth-order valence-corrected chi connectivity index (χ4v) is 6.01. The van der Waals surface area contributed by atoms with Crippen LogP contribution in [0.2, 0.25) is 0 Å². The van der Waals surface area contributed by atoms with Crippen molar-refractivity contribution < 1.29 is 33.5 Å². The van der Waals surface area contributed by atoms with Crippen LogP contribution in [0.1, 0.15) is 110 Å². The molecule has 2 rings (SSSR count). The van der Waals surface area contributed by atoms with Gasteiger partial charge < -0.3 is 30.1 Å². The van der Waals surface area contributed by atoms with Crippen LogP contribution in [0, 0.1) is 11.8 Å². The highest BCUT2D eigenvalue weighted by atomic mass is 31.2. The zero-order chi connectivity index (χ0) is 32.8. The number of anilines is 1. The third-order valence-electron chi connectivity index (χ3n) is 7.91. The number of ether oxygens (including phenoxy) is 1. The molecule has 0 aliphatic carbocycles. The summed E-state index contributed by atoms with van der Waals surface area (Å²) in [6.07, 6.45) is 22.2. The van der Waals surface area contributed by atoms with Gasteiger partial charge in [-0.15, -0.1) is 0 Å². The second-order valence-corrected chi connectivity index (χ2v) is 13.5. The van der Waals surface area contributed by atoms with Crippen LogP contribution >= 0.6 is 7.82 Å². The molecule has 0 saturated carbocycles. The number of imidazole rings is 1. The fourth-order valence-electron chi connectivity index (χ4n) is 5.14. The number of nitrogens with one attached hydrogen (secondary N) is 1. The first-order valence-electron chi connectivity index (χ1n) is 16.9. The number of aliphatic hydroxyl groups is 2. The van der Waals surface area contributed by atoms with Crippen LogP contribution in [0.3, 0.4) is 0 Å². The Morgan fingerprint density at radius 1 is 0.844 bits per heavy atom. The normalized spacial score (nSPS) is 14.6. The summed E-state index contributed by atoms with van der Waals surface area (Å²) in [4.78, 5) is 32.5. The van der Waals surface area contributed by atoms with Gasteiger partial charge in [0.05, 0.1) is 32.8 Å². The van der Waals surface area contributed by atoms with E-state index < -0.39 is 25.2 Å². The van der Waals surface area contributed by atoms with E-state index in [1.807, 2.05) is 0 Å². The van der Waals surface area contributed by atoms with Crippen molar-refractivity contribution in [3.05, 3.63) is 16.7 Å². The molecule has 2 aromatic rings. The van der Waals surface area contributed by atoms with Gasteiger partial charge in [-0.3, -0.25) is 18.8 Å². The first-order chi connectivity index (χ1) is 21.8. The standard InChI is InChI=1S/C31H58N5O8P/c1-2-3-4-5-6-7-8-9-10-11-12-13-14-15-16-17-18-42-22-27(21-38)24-44-45(40,41)43-23-26(20-37)19-36-25-33-28-29(36)34-31(32)35-30(28)39/h25-27,37-38H,2-24H2,1H3,(H,40,41)(H3,32,34,35,39)/t26-,27-/m1/s1. The van der Waals surface area contributed by atoms with Gasteiger partial charge in [0.25, 0.3) is 5.56 Å². The third-order valence-corrected chi connectivity index (χ3v) is 8.86. The number of phosphoric ester groups is 1. The molecule has 0 saturated heterocycles. The first kappa shape index (κ1) is 39.3. The van der Waals surface area contributed by atoms with Crippen molar-refractivity contribution >= 4 is 24.9 Å². The van der Waals surface area contributed by atoms with Gasteiger partial charge in [-0.1, -0.05) is 103 Å². The van der Waals surface area contributed by atoms with E-state index in [4.69, 9.17) is 19.5 Å². The summed E-state index contributed by atoms with van der Waals surface area (Å²) in [6, 6.07) is 0. The summed E-state index contributed by atoms with van der Waals surface area (Å²) in [5.41, 5.74) is 5.43. The van der Waals surface area contributed by atoms with E-state index in [9.17, 15) is 24.5 Å². The Bertz CT molecular complexity index is 1150. The number of phosphoric acid groups is 1. The summed E-state index contributed by atoms with van der Waals surface area (Å²) in [5.74, 6) is -1.17. The molecule has 2 heterocycles. The molecule has 1 unspecified atom stereocenters. The van der Waals surface area contributed by atoms with Crippen molar-refractivity contribution in [2.45, 2.75) is 116 Å². The van der Waals surface area contributed by atoms with Crippen molar-refractivity contribution in [2.75, 3.05) is 45.4 Å². The fraction of sp³-hybridized carbons (Fsp3) is 0.839. The maximum atomic E-state index is 12.4. The number of hydrogen-bond donors (Lipinski definition) is 5. The molecule has 0 amide bonds. The highest BCUT2D eigenvalue weighted by Crippen LogP contribution is 2.44. The number of fused-ring (bicyclic) bond motifs is 1. The monoisotopic (exact) mass is 659 g/mol. The van der Waals surface area contributed by atoms with Crippen molar-refractivity contribution in [1.29, 1.82) is 0 Å². The molecule has 0 spiro atoms. The molecule has 45 heavy (non-hydrogen) atoms. The maximum absolute atomic E-state index is 12.4. The van der Waals surface area contributed by atoms with Gasteiger partial charge in [0.1, 0.15) is 0 Å². The minimum absolute atomic E-state index is 0.0771. The highest BCUT2D eigenvalue weighted by molar-refractivity contribution is 7.47. The van der Waals surface area contributed by atoms with E-state index >= 15 is 0 Å². The predicted octanol–water partition coefficient (Wildman–Crippen LogP) is 5.33. The van der Waals surface area contributed by atoms with Gasteiger partial charge in [0.15, 0.2) is 11.2 Å². The van der Waals surface area contributed by atoms with E-state index in [-0.39, 0.29) is 56.7 Å². The van der Waals surface area contributed by atoms with Gasteiger partial charge in [-0.25, -0.2) is 9.55 Å². The quantitative estimate of drug-likeness (QED) is 0.0559. The lowest BCUT2D eigenvalue weighted by Crippen LogP contribution is -2.22. The van der Waals surface area contributed by atoms with Crippen molar-refractivity contribution in [3.63, 3.8) is 0 Å². The molecule has 260 valence electrons. The number of H-pyrrole nitrogens is 1. The molecule has 3 atom stereocenters. The molecular weight excluding hydrogens is 601 g/mol. The Morgan fingerprint density at radius 2 is 1.36 bits per heavy atom. The summed E-state index contributed by atoms with van der Waals surface area (Å²) >= 11 is 0. The van der Waals surface area contributed by atoms with Crippen LogP contribution in [-0.2, 0) is 24.9 Å². The SMILES string of the molecule is CCCCCCCCCCCCCCCCCCOC[C@@H](CO)COP(=O)(O)OC[C@@H](CO)Cn1cnc2c(=O)[nH]c(N)nc21. The van der Waals surface area contributed by atoms with Crippen LogP contribution in [0.25, 0.3) is 11.2 Å². The second-order valence-electron chi connectivity index (χ2n) is 12.1. The zero-order valence-electron chi connectivity index (χ0n) is 27.2. The lowest BCUT2D eigenvalue weighted by Gasteiger charge is -2.20. The zero-order valence-corrected chi connectivity index (χ0v) is 28.1. The Morgan fingerprint density at radius 3 is 1.89 bits per heavy atom. The van der Waals surface area contributed by atoms with Crippen LogP contribution in [-0.4, -0.2) is 74.3 Å². The first-order valence-corrected chi connectivity index (χ1v) is 18.4. The molecule has 0 radical (unpaired) electrons. The molecule has 0 aliphatic heterocycles. The van der Waals surface area contributed by atoms with E-state index in [2.05, 4.69) is 21.9 Å². The molecule has 13 nitrogen and oxygen atoms in total. The van der Waals surface area contributed by atoms with E-state index in [1.54, 1.807) is 0 Å². The Kier molecular flexibility index (Phi) is 20.5. The second kappa shape index (κ2) is 23.5. The van der Waals surface area contributed by atoms with Crippen LogP contribution in [0.5, 0.6) is 0 Å². The number of rotatable bonds is 29. The largest absolute Gasteiger partial charge is 0.472 e. The maximum Gasteiger partial charge on any atom is 0.472 e. The number of nitrogens with zero attached hydrogens (tertiary/aromatic N) is 3. The lowest BCUT2D eigenvalue weighted by molar-refractivity contribution is 0.0346. The van der Waals surface area contributed by atoms with Crippen molar-refractivity contribution in [1.82, 2.24) is 19.5 Å². The highest BCUT2D eigenvalue weighted by Gasteiger charge is 2.26. The van der Waals surface area contributed by atoms with E-state index in [1.165, 1.54) is 101 Å². The molecule has 2 aromatic heterocycles. The molecule has 6 N–H and O–H groups in total. The number of unbranched alkanes of at least 4 members (excludes halogenated alkanes) is 15. The lowest BCUT2D eigenvalue weighted by atomic mass is 10.0. The number of hydrogen-bond acceptors (Lipinski definition) is 10. The number of aromatic nitrogens is 4. The number of aromatic amines is 1. The van der Waals surface area contributed by atoms with Gasteiger partial charge in [0, 0.05) is 31.6 Å². The topological polar surface area (TPSA) is 195 Å². The predicted molar refractivity (Wildman–Crippen MR) is 176 cm³/mol. The van der Waals surface area contributed by atoms with Crippen molar-refractivity contribution in [3.8, 4) is 0 Å². The Balaban J connectivity index is 1.49. The van der Waals surface area contributed by atoms with Crippen LogP contribution in [0.4, 0.5) is 5.95 Å². The molecule has 0 aliphatic rings. The summed E-state index contributed by atoms with van der Waals surface area (Å²) in [6.45, 7) is 1.99. The summed E-state index contributed by atoms with van der Waals surface area (Å²) < 4.78 is 29.7.